The van der Waals surface area contributed by atoms with Crippen LogP contribution in [0.25, 0.3) is 0 Å². The van der Waals surface area contributed by atoms with Crippen LogP contribution in [0.15, 0.2) is 47.4 Å². The van der Waals surface area contributed by atoms with Gasteiger partial charge in [0.05, 0.1) is 5.69 Å². The Balaban J connectivity index is 1.44. The molecule has 2 heterocycles. The molecule has 2 aliphatic rings. The number of fused-ring (bicyclic) bond motifs is 3. The molecular weight excluding hydrogens is 376 g/mol. The maximum Gasteiger partial charge on any atom is 0.344 e. The standard InChI is InChI=1S/C21H20N2O4S/c1-13-7-8-15(11-14(13)2)22-18(24)12-27-20(26)21-10-9-19(25)23(21)16-5-3-4-6-17(16)28-21/h3-8,11H,9-10,12H2,1-2H3,(H,22,24). The van der Waals surface area contributed by atoms with Crippen molar-refractivity contribution in [3.63, 3.8) is 0 Å². The highest BCUT2D eigenvalue weighted by Gasteiger charge is 2.58. The number of carbonyl (C=O) groups excluding carboxylic acids is 3. The summed E-state index contributed by atoms with van der Waals surface area (Å²) in [4.78, 5) is 38.8. The molecule has 0 bridgehead atoms. The molecule has 1 unspecified atom stereocenters. The third kappa shape index (κ3) is 3.05. The molecule has 144 valence electrons. The lowest BCUT2D eigenvalue weighted by Gasteiger charge is -2.28. The van der Waals surface area contributed by atoms with E-state index < -0.39 is 23.4 Å². The van der Waals surface area contributed by atoms with Gasteiger partial charge in [-0.2, -0.15) is 0 Å². The van der Waals surface area contributed by atoms with E-state index in [9.17, 15) is 14.4 Å². The SMILES string of the molecule is Cc1ccc(NC(=O)COC(=O)C23CCC(=O)N2c2ccccc2S3)cc1C. The van der Waals surface area contributed by atoms with Crippen LogP contribution in [-0.2, 0) is 19.1 Å². The van der Waals surface area contributed by atoms with Gasteiger partial charge in [0.15, 0.2) is 11.5 Å². The van der Waals surface area contributed by atoms with Crippen LogP contribution in [0.3, 0.4) is 0 Å². The predicted molar refractivity (Wildman–Crippen MR) is 107 cm³/mol. The van der Waals surface area contributed by atoms with Crippen molar-refractivity contribution in [1.82, 2.24) is 0 Å². The molecule has 0 saturated carbocycles. The fourth-order valence-electron chi connectivity index (χ4n) is 3.53. The minimum atomic E-state index is -1.11. The van der Waals surface area contributed by atoms with Crippen LogP contribution < -0.4 is 10.2 Å². The van der Waals surface area contributed by atoms with E-state index in [-0.39, 0.29) is 12.3 Å². The van der Waals surface area contributed by atoms with Crippen molar-refractivity contribution < 1.29 is 19.1 Å². The third-order valence-electron chi connectivity index (χ3n) is 5.12. The number of ether oxygens (including phenoxy) is 1. The van der Waals surface area contributed by atoms with Crippen LogP contribution >= 0.6 is 11.8 Å². The molecule has 1 N–H and O–H groups in total. The van der Waals surface area contributed by atoms with E-state index in [2.05, 4.69) is 5.32 Å². The number of rotatable bonds is 4. The van der Waals surface area contributed by atoms with Crippen LogP contribution in [0.5, 0.6) is 0 Å². The van der Waals surface area contributed by atoms with Crippen molar-refractivity contribution >= 4 is 40.9 Å². The summed E-state index contributed by atoms with van der Waals surface area (Å²) < 4.78 is 5.33. The number of esters is 1. The van der Waals surface area contributed by atoms with E-state index in [1.54, 1.807) is 0 Å². The number of aryl methyl sites for hydroxylation is 2. The Hall–Kier alpha value is -2.80. The van der Waals surface area contributed by atoms with Crippen molar-refractivity contribution in [2.24, 2.45) is 0 Å². The lowest BCUT2D eigenvalue weighted by atomic mass is 10.1. The van der Waals surface area contributed by atoms with Gasteiger partial charge < -0.3 is 10.1 Å². The normalized spacial score (nSPS) is 19.9. The summed E-state index contributed by atoms with van der Waals surface area (Å²) in [5.74, 6) is -1.08. The van der Waals surface area contributed by atoms with Gasteiger partial charge in [-0.05, 0) is 49.2 Å². The van der Waals surface area contributed by atoms with Crippen LogP contribution in [0.4, 0.5) is 11.4 Å². The molecule has 0 aliphatic carbocycles. The van der Waals surface area contributed by atoms with E-state index in [1.807, 2.05) is 56.3 Å². The fraction of sp³-hybridized carbons (Fsp3) is 0.286. The Kier molecular flexibility index (Phi) is 4.63. The molecule has 0 spiro atoms. The molecule has 2 aromatic rings. The van der Waals surface area contributed by atoms with Gasteiger partial charge in [-0.25, -0.2) is 4.79 Å². The topological polar surface area (TPSA) is 75.7 Å². The van der Waals surface area contributed by atoms with Gasteiger partial charge in [0.1, 0.15) is 0 Å². The van der Waals surface area contributed by atoms with Crippen molar-refractivity contribution in [2.75, 3.05) is 16.8 Å². The molecule has 2 aliphatic heterocycles. The molecule has 0 aromatic heterocycles. The average molecular weight is 396 g/mol. The van der Waals surface area contributed by atoms with E-state index >= 15 is 0 Å². The van der Waals surface area contributed by atoms with Gasteiger partial charge >= 0.3 is 5.97 Å². The number of para-hydroxylation sites is 1. The molecule has 2 amide bonds. The summed E-state index contributed by atoms with van der Waals surface area (Å²) in [6.07, 6.45) is 0.647. The average Bonchev–Trinajstić information content (AvgIpc) is 3.18. The summed E-state index contributed by atoms with van der Waals surface area (Å²) in [5, 5.41) is 2.74. The molecule has 2 aromatic carbocycles. The van der Waals surface area contributed by atoms with Gasteiger partial charge in [0.25, 0.3) is 5.91 Å². The van der Waals surface area contributed by atoms with Crippen LogP contribution in [0, 0.1) is 13.8 Å². The number of carbonyl (C=O) groups is 3. The molecule has 28 heavy (non-hydrogen) atoms. The number of amides is 2. The minimum Gasteiger partial charge on any atom is -0.453 e. The number of anilines is 2. The van der Waals surface area contributed by atoms with Gasteiger partial charge in [-0.3, -0.25) is 14.5 Å². The quantitative estimate of drug-likeness (QED) is 0.802. The van der Waals surface area contributed by atoms with E-state index in [4.69, 9.17) is 4.74 Å². The third-order valence-corrected chi connectivity index (χ3v) is 6.57. The van der Waals surface area contributed by atoms with Crippen molar-refractivity contribution in [2.45, 2.75) is 36.5 Å². The van der Waals surface area contributed by atoms with Crippen molar-refractivity contribution in [3.8, 4) is 0 Å². The minimum absolute atomic E-state index is 0.103. The molecule has 1 saturated heterocycles. The number of thioether (sulfide) groups is 1. The summed E-state index contributed by atoms with van der Waals surface area (Å²) >= 11 is 1.32. The molecule has 7 heteroatoms. The van der Waals surface area contributed by atoms with Crippen molar-refractivity contribution in [1.29, 1.82) is 0 Å². The Morgan fingerprint density at radius 3 is 2.75 bits per heavy atom. The Morgan fingerprint density at radius 1 is 1.18 bits per heavy atom. The summed E-state index contributed by atoms with van der Waals surface area (Å²) in [5.41, 5.74) is 3.58. The van der Waals surface area contributed by atoms with Crippen LogP contribution in [-0.4, -0.2) is 29.3 Å². The van der Waals surface area contributed by atoms with E-state index in [0.29, 0.717) is 12.1 Å². The number of hydrogen-bond donors (Lipinski definition) is 1. The van der Waals surface area contributed by atoms with E-state index in [0.717, 1.165) is 21.7 Å². The van der Waals surface area contributed by atoms with Crippen LogP contribution in [0.1, 0.15) is 24.0 Å². The Bertz CT molecular complexity index is 990. The summed E-state index contributed by atoms with van der Waals surface area (Å²) in [6.45, 7) is 3.56. The first kappa shape index (κ1) is 18.6. The first-order valence-electron chi connectivity index (χ1n) is 9.06. The smallest absolute Gasteiger partial charge is 0.344 e. The molecule has 4 rings (SSSR count). The zero-order valence-corrected chi connectivity index (χ0v) is 16.5. The maximum atomic E-state index is 12.9. The maximum absolute atomic E-state index is 12.9. The highest BCUT2D eigenvalue weighted by molar-refractivity contribution is 8.02. The summed E-state index contributed by atoms with van der Waals surface area (Å²) in [6, 6.07) is 13.0. The Morgan fingerprint density at radius 2 is 1.96 bits per heavy atom. The van der Waals surface area contributed by atoms with Crippen molar-refractivity contribution in [3.05, 3.63) is 53.6 Å². The molecule has 1 fully saturated rings. The van der Waals surface area contributed by atoms with Crippen LogP contribution in [0.2, 0.25) is 0 Å². The number of hydrogen-bond acceptors (Lipinski definition) is 5. The largest absolute Gasteiger partial charge is 0.453 e. The number of benzene rings is 2. The zero-order valence-electron chi connectivity index (χ0n) is 15.7. The molecule has 6 nitrogen and oxygen atoms in total. The predicted octanol–water partition coefficient (Wildman–Crippen LogP) is 3.41. The van der Waals surface area contributed by atoms with Gasteiger partial charge in [-0.15, -0.1) is 0 Å². The van der Waals surface area contributed by atoms with Gasteiger partial charge in [-0.1, -0.05) is 30.0 Å². The molecule has 0 radical (unpaired) electrons. The molecular formula is C21H20N2O4S. The number of nitrogens with zero attached hydrogens (tertiary/aromatic N) is 1. The Labute approximate surface area is 167 Å². The lowest BCUT2D eigenvalue weighted by Crippen LogP contribution is -2.48. The first-order valence-corrected chi connectivity index (χ1v) is 9.88. The highest BCUT2D eigenvalue weighted by Crippen LogP contribution is 2.56. The van der Waals surface area contributed by atoms with Gasteiger partial charge in [0, 0.05) is 23.4 Å². The zero-order chi connectivity index (χ0) is 19.9. The second kappa shape index (κ2) is 6.98. The number of nitrogens with one attached hydrogen (secondary N) is 1. The molecule has 1 atom stereocenters. The monoisotopic (exact) mass is 396 g/mol. The highest BCUT2D eigenvalue weighted by atomic mass is 32.2. The second-order valence-corrected chi connectivity index (χ2v) is 8.33. The fourth-order valence-corrected chi connectivity index (χ4v) is 4.94. The van der Waals surface area contributed by atoms with Gasteiger partial charge in [0.2, 0.25) is 5.91 Å². The van der Waals surface area contributed by atoms with E-state index in [1.165, 1.54) is 16.7 Å². The summed E-state index contributed by atoms with van der Waals surface area (Å²) in [7, 11) is 0. The first-order chi connectivity index (χ1) is 13.4. The second-order valence-electron chi connectivity index (χ2n) is 7.01. The lowest BCUT2D eigenvalue weighted by molar-refractivity contribution is -0.149.